The Bertz CT molecular complexity index is 352. The van der Waals surface area contributed by atoms with Crippen molar-refractivity contribution in [1.82, 2.24) is 10.1 Å². The minimum Gasteiger partial charge on any atom is -0.361 e. The fourth-order valence-electron chi connectivity index (χ4n) is 2.70. The number of likely N-dealkylation sites (N-methyl/N-ethyl adjacent to an activating group) is 1. The van der Waals surface area contributed by atoms with Crippen LogP contribution >= 0.6 is 0 Å². The lowest BCUT2D eigenvalue weighted by Gasteiger charge is -2.40. The maximum atomic E-state index is 6.10. The van der Waals surface area contributed by atoms with Crippen molar-refractivity contribution in [3.63, 3.8) is 0 Å². The summed E-state index contributed by atoms with van der Waals surface area (Å²) in [4.78, 5) is 2.25. The van der Waals surface area contributed by atoms with Crippen LogP contribution in [0.1, 0.15) is 39.1 Å². The highest BCUT2D eigenvalue weighted by Crippen LogP contribution is 2.26. The van der Waals surface area contributed by atoms with Crippen LogP contribution in [-0.2, 0) is 6.54 Å². The molecule has 0 aliphatic carbocycles. The molecule has 0 aromatic carbocycles. The normalized spacial score (nSPS) is 16.2. The molecule has 2 N–H and O–H groups in total. The highest BCUT2D eigenvalue weighted by Gasteiger charge is 2.31. The van der Waals surface area contributed by atoms with Crippen molar-refractivity contribution in [1.29, 1.82) is 0 Å². The molecule has 0 radical (unpaired) electrons. The zero-order valence-corrected chi connectivity index (χ0v) is 11.8. The van der Waals surface area contributed by atoms with Gasteiger partial charge in [0.25, 0.3) is 0 Å². The Balaban J connectivity index is 2.76. The van der Waals surface area contributed by atoms with Gasteiger partial charge in [-0.3, -0.25) is 4.90 Å². The van der Waals surface area contributed by atoms with Gasteiger partial charge in [-0.15, -0.1) is 0 Å². The van der Waals surface area contributed by atoms with Crippen LogP contribution in [0.25, 0.3) is 0 Å². The average Bonchev–Trinajstić information content (AvgIpc) is 2.46. The molecule has 1 heterocycles. The highest BCUT2D eigenvalue weighted by atomic mass is 16.5. The van der Waals surface area contributed by atoms with Crippen LogP contribution in [0.4, 0.5) is 0 Å². The number of rotatable bonds is 4. The number of hydrogen-bond acceptors (Lipinski definition) is 4. The monoisotopic (exact) mass is 239 g/mol. The largest absolute Gasteiger partial charge is 0.361 e. The van der Waals surface area contributed by atoms with Gasteiger partial charge in [0.1, 0.15) is 5.76 Å². The molecule has 2 atom stereocenters. The highest BCUT2D eigenvalue weighted by molar-refractivity contribution is 5.04. The molecule has 98 valence electrons. The molecule has 4 nitrogen and oxygen atoms in total. The summed E-state index contributed by atoms with van der Waals surface area (Å²) in [7, 11) is 2.09. The lowest BCUT2D eigenvalue weighted by Crippen LogP contribution is -2.51. The number of nitrogens with two attached hydrogens (primary N) is 1. The van der Waals surface area contributed by atoms with E-state index in [4.69, 9.17) is 10.3 Å². The van der Waals surface area contributed by atoms with E-state index >= 15 is 0 Å². The molecule has 0 amide bonds. The summed E-state index contributed by atoms with van der Waals surface area (Å²) in [5.41, 5.74) is 7.20. The Morgan fingerprint density at radius 1 is 1.47 bits per heavy atom. The molecular weight excluding hydrogens is 214 g/mol. The molecule has 1 aromatic heterocycles. The minimum atomic E-state index is 0.119. The van der Waals surface area contributed by atoms with Gasteiger partial charge in [-0.1, -0.05) is 25.9 Å². The van der Waals surface area contributed by atoms with E-state index in [2.05, 4.69) is 44.8 Å². The van der Waals surface area contributed by atoms with Gasteiger partial charge in [0, 0.05) is 24.7 Å². The number of aryl methyl sites for hydroxylation is 1. The molecule has 0 fully saturated rings. The first kappa shape index (κ1) is 14.2. The number of aromatic nitrogens is 1. The Morgan fingerprint density at radius 2 is 2.06 bits per heavy atom. The van der Waals surface area contributed by atoms with E-state index < -0.39 is 0 Å². The van der Waals surface area contributed by atoms with Crippen molar-refractivity contribution in [2.24, 2.45) is 11.1 Å². The van der Waals surface area contributed by atoms with Crippen molar-refractivity contribution in [2.75, 3.05) is 7.05 Å². The second-order valence-electron chi connectivity index (χ2n) is 6.01. The third-order valence-electron chi connectivity index (χ3n) is 2.95. The fraction of sp³-hybridized carbons (Fsp3) is 0.769. The zero-order chi connectivity index (χ0) is 13.2. The van der Waals surface area contributed by atoms with E-state index in [1.165, 1.54) is 0 Å². The van der Waals surface area contributed by atoms with Gasteiger partial charge in [-0.05, 0) is 26.3 Å². The summed E-state index contributed by atoms with van der Waals surface area (Å²) < 4.78 is 5.08. The number of nitrogens with zero attached hydrogens (tertiary/aromatic N) is 2. The summed E-state index contributed by atoms with van der Waals surface area (Å²) in [5, 5.41) is 4.02. The van der Waals surface area contributed by atoms with E-state index in [9.17, 15) is 0 Å². The predicted molar refractivity (Wildman–Crippen MR) is 69.6 cm³/mol. The topological polar surface area (TPSA) is 55.3 Å². The Labute approximate surface area is 104 Å². The van der Waals surface area contributed by atoms with E-state index in [-0.39, 0.29) is 11.5 Å². The van der Waals surface area contributed by atoms with Gasteiger partial charge >= 0.3 is 0 Å². The molecule has 2 unspecified atom stereocenters. The zero-order valence-electron chi connectivity index (χ0n) is 11.8. The van der Waals surface area contributed by atoms with Crippen LogP contribution < -0.4 is 5.73 Å². The second-order valence-corrected chi connectivity index (χ2v) is 6.01. The van der Waals surface area contributed by atoms with Crippen LogP contribution in [-0.4, -0.2) is 29.2 Å². The van der Waals surface area contributed by atoms with E-state index in [1.807, 2.05) is 13.0 Å². The molecule has 0 aliphatic heterocycles. The Hall–Kier alpha value is -0.870. The minimum absolute atomic E-state index is 0.119. The van der Waals surface area contributed by atoms with Crippen molar-refractivity contribution >= 4 is 0 Å². The average molecular weight is 239 g/mol. The van der Waals surface area contributed by atoms with Crippen LogP contribution in [0, 0.1) is 12.3 Å². The molecule has 0 bridgehead atoms. The Kier molecular flexibility index (Phi) is 4.33. The Morgan fingerprint density at radius 3 is 2.41 bits per heavy atom. The third kappa shape index (κ3) is 3.82. The van der Waals surface area contributed by atoms with Crippen molar-refractivity contribution < 1.29 is 4.52 Å². The van der Waals surface area contributed by atoms with Crippen molar-refractivity contribution in [3.05, 3.63) is 17.5 Å². The van der Waals surface area contributed by atoms with E-state index in [1.54, 1.807) is 0 Å². The van der Waals surface area contributed by atoms with Crippen molar-refractivity contribution in [2.45, 2.75) is 53.2 Å². The quantitative estimate of drug-likeness (QED) is 0.875. The smallest absolute Gasteiger partial charge is 0.133 e. The van der Waals surface area contributed by atoms with Crippen LogP contribution in [0.5, 0.6) is 0 Å². The first-order chi connectivity index (χ1) is 7.71. The van der Waals surface area contributed by atoms with Gasteiger partial charge in [-0.2, -0.15) is 0 Å². The SMILES string of the molecule is Cc1cc(CN(C)C(C(C)N)C(C)(C)C)no1. The van der Waals surface area contributed by atoms with E-state index in [0.717, 1.165) is 18.0 Å². The fourth-order valence-corrected chi connectivity index (χ4v) is 2.70. The lowest BCUT2D eigenvalue weighted by atomic mass is 9.82. The van der Waals surface area contributed by atoms with Gasteiger partial charge in [0.15, 0.2) is 0 Å². The van der Waals surface area contributed by atoms with Gasteiger partial charge in [0.05, 0.1) is 5.69 Å². The molecule has 0 saturated carbocycles. The summed E-state index contributed by atoms with van der Waals surface area (Å²) in [5.74, 6) is 0.849. The standard InChI is InChI=1S/C13H25N3O/c1-9-7-11(15-17-9)8-16(6)12(10(2)14)13(3,4)5/h7,10,12H,8,14H2,1-6H3. The van der Waals surface area contributed by atoms with Crippen molar-refractivity contribution in [3.8, 4) is 0 Å². The molecular formula is C13H25N3O. The van der Waals surface area contributed by atoms with Crippen LogP contribution in [0.15, 0.2) is 10.6 Å². The van der Waals surface area contributed by atoms with Crippen LogP contribution in [0.3, 0.4) is 0 Å². The predicted octanol–water partition coefficient (Wildman–Crippen LogP) is 2.18. The third-order valence-corrected chi connectivity index (χ3v) is 2.95. The molecule has 0 saturated heterocycles. The first-order valence-corrected chi connectivity index (χ1v) is 6.10. The molecule has 17 heavy (non-hydrogen) atoms. The molecule has 1 rings (SSSR count). The first-order valence-electron chi connectivity index (χ1n) is 6.10. The summed E-state index contributed by atoms with van der Waals surface area (Å²) in [6.07, 6.45) is 0. The number of hydrogen-bond donors (Lipinski definition) is 1. The maximum absolute atomic E-state index is 6.10. The second kappa shape index (κ2) is 5.19. The molecule has 0 aliphatic rings. The van der Waals surface area contributed by atoms with Crippen LogP contribution in [0.2, 0.25) is 0 Å². The summed E-state index contributed by atoms with van der Waals surface area (Å²) in [6.45, 7) is 11.4. The summed E-state index contributed by atoms with van der Waals surface area (Å²) >= 11 is 0. The van der Waals surface area contributed by atoms with Gasteiger partial charge in [-0.25, -0.2) is 0 Å². The molecule has 4 heteroatoms. The maximum Gasteiger partial charge on any atom is 0.133 e. The van der Waals surface area contributed by atoms with Gasteiger partial charge in [0.2, 0.25) is 0 Å². The summed E-state index contributed by atoms with van der Waals surface area (Å²) in [6, 6.07) is 2.39. The van der Waals surface area contributed by atoms with E-state index in [0.29, 0.717) is 6.04 Å². The molecule has 0 spiro atoms. The van der Waals surface area contributed by atoms with Gasteiger partial charge < -0.3 is 10.3 Å². The molecule has 1 aromatic rings. The lowest BCUT2D eigenvalue weighted by molar-refractivity contribution is 0.0982.